The van der Waals surface area contributed by atoms with Crippen LogP contribution >= 0.6 is 27.7 Å². The van der Waals surface area contributed by atoms with Crippen LogP contribution in [0.15, 0.2) is 33.0 Å². The molecule has 31 heavy (non-hydrogen) atoms. The number of methoxy groups -OCH3 is 2. The fourth-order valence-electron chi connectivity index (χ4n) is 3.33. The van der Waals surface area contributed by atoms with Crippen LogP contribution in [0.25, 0.3) is 0 Å². The van der Waals surface area contributed by atoms with Crippen LogP contribution in [0, 0.1) is 0 Å². The van der Waals surface area contributed by atoms with Crippen molar-refractivity contribution >= 4 is 39.6 Å². The Morgan fingerprint density at radius 3 is 2.68 bits per heavy atom. The maximum atomic E-state index is 13.1. The van der Waals surface area contributed by atoms with Crippen molar-refractivity contribution < 1.29 is 19.0 Å². The van der Waals surface area contributed by atoms with Crippen molar-refractivity contribution in [2.45, 2.75) is 51.4 Å². The van der Waals surface area contributed by atoms with Gasteiger partial charge < -0.3 is 19.5 Å². The Morgan fingerprint density at radius 2 is 2.06 bits per heavy atom. The molecule has 3 rings (SSSR count). The van der Waals surface area contributed by atoms with E-state index < -0.39 is 12.0 Å². The van der Waals surface area contributed by atoms with Gasteiger partial charge in [0.05, 0.1) is 30.4 Å². The fraction of sp³-hybridized carbons (Fsp3) is 0.476. The Balaban J connectivity index is 2.18. The number of rotatable bonds is 8. The average molecular weight is 511 g/mol. The molecule has 1 aliphatic rings. The van der Waals surface area contributed by atoms with Crippen molar-refractivity contribution in [3.63, 3.8) is 0 Å². The second kappa shape index (κ2) is 9.95. The number of thioether (sulfide) groups is 1. The Morgan fingerprint density at radius 1 is 1.32 bits per heavy atom. The molecule has 0 saturated heterocycles. The summed E-state index contributed by atoms with van der Waals surface area (Å²) in [5.41, 5.74) is 1.94. The number of anilines is 1. The van der Waals surface area contributed by atoms with Crippen LogP contribution in [0.3, 0.4) is 0 Å². The van der Waals surface area contributed by atoms with E-state index in [1.165, 1.54) is 0 Å². The summed E-state index contributed by atoms with van der Waals surface area (Å²) in [5.74, 6) is 2.20. The van der Waals surface area contributed by atoms with Crippen molar-refractivity contribution in [2.75, 3.05) is 25.3 Å². The van der Waals surface area contributed by atoms with Crippen LogP contribution in [0.1, 0.15) is 45.7 Å². The molecule has 2 heterocycles. The van der Waals surface area contributed by atoms with Crippen molar-refractivity contribution in [3.05, 3.63) is 33.4 Å². The van der Waals surface area contributed by atoms with E-state index in [-0.39, 0.29) is 6.10 Å². The first-order chi connectivity index (χ1) is 14.8. The van der Waals surface area contributed by atoms with Gasteiger partial charge in [-0.3, -0.25) is 0 Å². The fourth-order valence-corrected chi connectivity index (χ4v) is 4.64. The van der Waals surface area contributed by atoms with Crippen LogP contribution in [0.4, 0.5) is 5.95 Å². The van der Waals surface area contributed by atoms with Gasteiger partial charge in [-0.1, -0.05) is 18.7 Å². The topological polar surface area (TPSA) is 87.5 Å². The average Bonchev–Trinajstić information content (AvgIpc) is 3.12. The third-order valence-electron chi connectivity index (χ3n) is 4.60. The van der Waals surface area contributed by atoms with Gasteiger partial charge in [-0.2, -0.15) is 4.98 Å². The Hall–Kier alpha value is -2.20. The van der Waals surface area contributed by atoms with Gasteiger partial charge >= 0.3 is 5.97 Å². The minimum atomic E-state index is -0.540. The number of fused-ring (bicyclic) bond motifs is 1. The molecular formula is C21H27BrN4O4S. The number of carbonyl (C=O) groups is 1. The van der Waals surface area contributed by atoms with E-state index in [1.54, 1.807) is 30.7 Å². The van der Waals surface area contributed by atoms with E-state index in [1.807, 2.05) is 32.9 Å². The number of carbonyl (C=O) groups excluding carboxylic acids is 1. The first kappa shape index (κ1) is 23.5. The molecule has 0 aliphatic carbocycles. The molecule has 0 fully saturated rings. The number of hydrogen-bond acceptors (Lipinski definition) is 8. The summed E-state index contributed by atoms with van der Waals surface area (Å²) < 4.78 is 19.0. The predicted molar refractivity (Wildman–Crippen MR) is 124 cm³/mol. The van der Waals surface area contributed by atoms with Gasteiger partial charge in [0.15, 0.2) is 11.5 Å². The summed E-state index contributed by atoms with van der Waals surface area (Å²) in [4.78, 5) is 17.7. The van der Waals surface area contributed by atoms with Crippen LogP contribution < -0.4 is 14.8 Å². The van der Waals surface area contributed by atoms with Gasteiger partial charge in [0.1, 0.15) is 6.04 Å². The molecule has 1 aromatic heterocycles. The van der Waals surface area contributed by atoms with Crippen molar-refractivity contribution in [2.24, 2.45) is 0 Å². The van der Waals surface area contributed by atoms with Crippen LogP contribution in [-0.2, 0) is 9.53 Å². The summed E-state index contributed by atoms with van der Waals surface area (Å²) >= 11 is 5.13. The maximum absolute atomic E-state index is 13.1. The largest absolute Gasteiger partial charge is 0.493 e. The zero-order valence-electron chi connectivity index (χ0n) is 18.5. The van der Waals surface area contributed by atoms with Gasteiger partial charge in [0.2, 0.25) is 11.1 Å². The van der Waals surface area contributed by atoms with Gasteiger partial charge in [-0.15, -0.1) is 5.10 Å². The molecule has 2 aromatic rings. The summed E-state index contributed by atoms with van der Waals surface area (Å²) in [6, 6.07) is 3.21. The van der Waals surface area contributed by atoms with E-state index in [4.69, 9.17) is 19.3 Å². The highest BCUT2D eigenvalue weighted by Gasteiger charge is 2.36. The molecule has 0 radical (unpaired) electrons. The van der Waals surface area contributed by atoms with Gasteiger partial charge in [0, 0.05) is 11.4 Å². The van der Waals surface area contributed by atoms with Crippen LogP contribution in [0.2, 0.25) is 0 Å². The minimum Gasteiger partial charge on any atom is -0.493 e. The molecule has 10 heteroatoms. The van der Waals surface area contributed by atoms with Gasteiger partial charge in [-0.25, -0.2) is 9.48 Å². The number of halogens is 1. The molecule has 0 amide bonds. The molecule has 1 N–H and O–H groups in total. The van der Waals surface area contributed by atoms with E-state index >= 15 is 0 Å². The van der Waals surface area contributed by atoms with Crippen LogP contribution in [0.5, 0.6) is 11.5 Å². The zero-order chi connectivity index (χ0) is 22.7. The van der Waals surface area contributed by atoms with E-state index in [0.717, 1.165) is 17.7 Å². The lowest BCUT2D eigenvalue weighted by Crippen LogP contribution is -2.30. The monoisotopic (exact) mass is 510 g/mol. The molecule has 1 unspecified atom stereocenters. The summed E-state index contributed by atoms with van der Waals surface area (Å²) in [6.07, 6.45) is 0.760. The molecule has 168 valence electrons. The van der Waals surface area contributed by atoms with E-state index in [9.17, 15) is 4.79 Å². The third-order valence-corrected chi connectivity index (χ3v) is 6.24. The van der Waals surface area contributed by atoms with Crippen LogP contribution in [-0.4, -0.2) is 46.8 Å². The highest BCUT2D eigenvalue weighted by Crippen LogP contribution is 2.43. The molecular weight excluding hydrogens is 484 g/mol. The number of esters is 1. The first-order valence-corrected chi connectivity index (χ1v) is 11.8. The summed E-state index contributed by atoms with van der Waals surface area (Å²) in [5, 5.41) is 8.56. The Bertz CT molecular complexity index is 1010. The second-order valence-corrected chi connectivity index (χ2v) is 9.19. The zero-order valence-corrected chi connectivity index (χ0v) is 20.9. The van der Waals surface area contributed by atoms with Crippen molar-refractivity contribution in [1.82, 2.24) is 14.8 Å². The molecule has 0 saturated carbocycles. The molecule has 1 aliphatic heterocycles. The normalized spacial score (nSPS) is 15.5. The Kier molecular flexibility index (Phi) is 7.53. The van der Waals surface area contributed by atoms with Gasteiger partial charge in [-0.05, 0) is 60.8 Å². The third kappa shape index (κ3) is 4.85. The number of nitrogens with zero attached hydrogens (tertiary/aromatic N) is 3. The summed E-state index contributed by atoms with van der Waals surface area (Å²) in [7, 11) is 3.15. The lowest BCUT2D eigenvalue weighted by atomic mass is 9.95. The highest BCUT2D eigenvalue weighted by atomic mass is 79.9. The van der Waals surface area contributed by atoms with E-state index in [2.05, 4.69) is 33.2 Å². The molecule has 0 bridgehead atoms. The number of nitrogens with one attached hydrogen (secondary N) is 1. The summed E-state index contributed by atoms with van der Waals surface area (Å²) in [6.45, 7) is 7.60. The second-order valence-electron chi connectivity index (χ2n) is 7.27. The highest BCUT2D eigenvalue weighted by molar-refractivity contribution is 9.10. The molecule has 1 atom stereocenters. The number of ether oxygens (including phenoxy) is 3. The lowest BCUT2D eigenvalue weighted by Gasteiger charge is -2.29. The Labute approximate surface area is 194 Å². The number of allylic oxidation sites excluding steroid dienone is 1. The SMILES string of the molecule is CCCSc1nc2n(n1)C(c1cc(Br)c(OC)c(OC)c1)C(C(=O)OC(C)C)=C(C)N2. The smallest absolute Gasteiger partial charge is 0.338 e. The standard InChI is InChI=1S/C21H27BrN4O4S/c1-7-8-31-21-24-20-23-12(4)16(19(27)30-11(2)3)17(26(20)25-21)13-9-14(22)18(29-6)15(10-13)28-5/h9-11,17H,7-8H2,1-6H3,(H,23,24,25). The lowest BCUT2D eigenvalue weighted by molar-refractivity contribution is -0.143. The predicted octanol–water partition coefficient (Wildman–Crippen LogP) is 4.80. The minimum absolute atomic E-state index is 0.251. The number of hydrogen-bond donors (Lipinski definition) is 1. The van der Waals surface area contributed by atoms with E-state index in [0.29, 0.717) is 38.3 Å². The first-order valence-electron chi connectivity index (χ1n) is 10.00. The number of benzene rings is 1. The molecule has 1 aromatic carbocycles. The van der Waals surface area contributed by atoms with Crippen molar-refractivity contribution in [3.8, 4) is 11.5 Å². The van der Waals surface area contributed by atoms with Crippen molar-refractivity contribution in [1.29, 1.82) is 0 Å². The number of aromatic nitrogens is 3. The quantitative estimate of drug-likeness (QED) is 0.400. The maximum Gasteiger partial charge on any atom is 0.338 e. The molecule has 0 spiro atoms. The molecule has 8 nitrogen and oxygen atoms in total. The van der Waals surface area contributed by atoms with Gasteiger partial charge in [0.25, 0.3) is 0 Å².